The van der Waals surface area contributed by atoms with E-state index < -0.39 is 0 Å². The Labute approximate surface area is 119 Å². The molecular weight excluding hydrogens is 274 g/mol. The SMILES string of the molecule is Cc1nn(-c2nc3ccccc3s2)c(C)c1C(=O)NN. The van der Waals surface area contributed by atoms with Crippen molar-refractivity contribution in [1.82, 2.24) is 20.2 Å². The molecule has 0 fully saturated rings. The minimum Gasteiger partial charge on any atom is -0.290 e. The smallest absolute Gasteiger partial charge is 0.268 e. The van der Waals surface area contributed by atoms with Gasteiger partial charge in [-0.05, 0) is 26.0 Å². The molecule has 0 aliphatic rings. The predicted octanol–water partition coefficient (Wildman–Crippen LogP) is 1.70. The normalized spacial score (nSPS) is 10.9. The third-order valence-corrected chi connectivity index (χ3v) is 4.13. The molecule has 0 saturated carbocycles. The van der Waals surface area contributed by atoms with E-state index in [1.54, 1.807) is 11.6 Å². The molecule has 2 heterocycles. The molecule has 0 radical (unpaired) electrons. The summed E-state index contributed by atoms with van der Waals surface area (Å²) in [6.07, 6.45) is 0. The van der Waals surface area contributed by atoms with E-state index in [1.807, 2.05) is 31.2 Å². The van der Waals surface area contributed by atoms with Crippen molar-refractivity contribution in [1.29, 1.82) is 0 Å². The van der Waals surface area contributed by atoms with Gasteiger partial charge in [0.25, 0.3) is 5.91 Å². The quantitative estimate of drug-likeness (QED) is 0.427. The molecule has 7 heteroatoms. The minimum absolute atomic E-state index is 0.340. The molecule has 0 unspecified atom stereocenters. The van der Waals surface area contributed by atoms with Crippen molar-refractivity contribution in [3.63, 3.8) is 0 Å². The number of para-hydroxylation sites is 1. The van der Waals surface area contributed by atoms with Crippen LogP contribution in [-0.4, -0.2) is 20.7 Å². The monoisotopic (exact) mass is 287 g/mol. The lowest BCUT2D eigenvalue weighted by Crippen LogP contribution is -2.30. The summed E-state index contributed by atoms with van der Waals surface area (Å²) in [6, 6.07) is 7.88. The summed E-state index contributed by atoms with van der Waals surface area (Å²) in [5.74, 6) is 4.86. The molecule has 0 spiro atoms. The van der Waals surface area contributed by atoms with Crippen LogP contribution in [0.1, 0.15) is 21.7 Å². The largest absolute Gasteiger partial charge is 0.290 e. The van der Waals surface area contributed by atoms with Gasteiger partial charge in [0.2, 0.25) is 5.13 Å². The molecule has 0 aliphatic carbocycles. The number of fused-ring (bicyclic) bond motifs is 1. The van der Waals surface area contributed by atoms with E-state index in [0.717, 1.165) is 21.0 Å². The van der Waals surface area contributed by atoms with E-state index in [-0.39, 0.29) is 5.91 Å². The van der Waals surface area contributed by atoms with Crippen LogP contribution in [0.4, 0.5) is 0 Å². The topological polar surface area (TPSA) is 85.8 Å². The first-order valence-electron chi connectivity index (χ1n) is 6.05. The molecule has 3 aromatic rings. The fourth-order valence-electron chi connectivity index (χ4n) is 2.18. The Kier molecular flexibility index (Phi) is 3.00. The standard InChI is InChI=1S/C13H13N5OS/c1-7-11(12(19)16-14)8(2)18(17-7)13-15-9-5-3-4-6-10(9)20-13/h3-6H,14H2,1-2H3,(H,16,19). The maximum absolute atomic E-state index is 11.8. The number of hydrazine groups is 1. The summed E-state index contributed by atoms with van der Waals surface area (Å²) >= 11 is 1.53. The Morgan fingerprint density at radius 3 is 2.80 bits per heavy atom. The first kappa shape index (κ1) is 12.8. The van der Waals surface area contributed by atoms with Crippen molar-refractivity contribution in [2.75, 3.05) is 0 Å². The van der Waals surface area contributed by atoms with Crippen molar-refractivity contribution in [3.8, 4) is 5.13 Å². The fourth-order valence-corrected chi connectivity index (χ4v) is 3.15. The van der Waals surface area contributed by atoms with Gasteiger partial charge < -0.3 is 0 Å². The second kappa shape index (κ2) is 4.69. The highest BCUT2D eigenvalue weighted by Gasteiger charge is 2.20. The Balaban J connectivity index is 2.17. The summed E-state index contributed by atoms with van der Waals surface area (Å²) in [7, 11) is 0. The van der Waals surface area contributed by atoms with Gasteiger partial charge in [0.15, 0.2) is 0 Å². The van der Waals surface area contributed by atoms with Crippen molar-refractivity contribution >= 4 is 27.5 Å². The van der Waals surface area contributed by atoms with Crippen LogP contribution in [0.2, 0.25) is 0 Å². The maximum atomic E-state index is 11.8. The maximum Gasteiger partial charge on any atom is 0.268 e. The third kappa shape index (κ3) is 1.87. The van der Waals surface area contributed by atoms with Gasteiger partial charge in [-0.2, -0.15) is 5.10 Å². The van der Waals surface area contributed by atoms with E-state index in [2.05, 4.69) is 15.5 Å². The average molecular weight is 287 g/mol. The second-order valence-corrected chi connectivity index (χ2v) is 5.40. The summed E-state index contributed by atoms with van der Waals surface area (Å²) in [5, 5.41) is 5.13. The summed E-state index contributed by atoms with van der Waals surface area (Å²) in [6.45, 7) is 3.61. The van der Waals surface area contributed by atoms with Crippen molar-refractivity contribution < 1.29 is 4.79 Å². The van der Waals surface area contributed by atoms with Crippen LogP contribution < -0.4 is 11.3 Å². The molecule has 6 nitrogen and oxygen atoms in total. The molecular formula is C13H13N5OS. The number of hydrogen-bond acceptors (Lipinski definition) is 5. The number of rotatable bonds is 2. The van der Waals surface area contributed by atoms with E-state index in [4.69, 9.17) is 5.84 Å². The summed E-state index contributed by atoms with van der Waals surface area (Å²) < 4.78 is 2.77. The Bertz CT molecular complexity index is 771. The van der Waals surface area contributed by atoms with Gasteiger partial charge in [0.1, 0.15) is 0 Å². The zero-order valence-electron chi connectivity index (χ0n) is 11.0. The molecule has 0 aliphatic heterocycles. The molecule has 2 aromatic heterocycles. The molecule has 20 heavy (non-hydrogen) atoms. The minimum atomic E-state index is -0.340. The number of aryl methyl sites for hydroxylation is 1. The molecule has 0 saturated heterocycles. The van der Waals surface area contributed by atoms with E-state index in [9.17, 15) is 4.79 Å². The van der Waals surface area contributed by atoms with Crippen LogP contribution in [0.3, 0.4) is 0 Å². The third-order valence-electron chi connectivity index (χ3n) is 3.11. The zero-order valence-corrected chi connectivity index (χ0v) is 11.9. The number of nitrogen functional groups attached to an aromatic ring is 1. The number of amides is 1. The molecule has 3 N–H and O–H groups in total. The first-order chi connectivity index (χ1) is 9.61. The Morgan fingerprint density at radius 2 is 2.10 bits per heavy atom. The van der Waals surface area contributed by atoms with Crippen LogP contribution in [0.25, 0.3) is 15.3 Å². The number of nitrogens with two attached hydrogens (primary N) is 1. The van der Waals surface area contributed by atoms with Crippen molar-refractivity contribution in [2.24, 2.45) is 5.84 Å². The number of hydrogen-bond donors (Lipinski definition) is 2. The Morgan fingerprint density at radius 1 is 1.35 bits per heavy atom. The van der Waals surface area contributed by atoms with Crippen LogP contribution in [0, 0.1) is 13.8 Å². The number of benzene rings is 1. The molecule has 3 rings (SSSR count). The number of nitrogens with zero attached hydrogens (tertiary/aromatic N) is 3. The van der Waals surface area contributed by atoms with Crippen LogP contribution >= 0.6 is 11.3 Å². The van der Waals surface area contributed by atoms with Gasteiger partial charge in [0.05, 0.1) is 27.2 Å². The van der Waals surface area contributed by atoms with Crippen LogP contribution in [0.15, 0.2) is 24.3 Å². The van der Waals surface area contributed by atoms with E-state index in [0.29, 0.717) is 11.3 Å². The lowest BCUT2D eigenvalue weighted by molar-refractivity contribution is 0.0952. The van der Waals surface area contributed by atoms with Gasteiger partial charge in [-0.15, -0.1) is 0 Å². The zero-order chi connectivity index (χ0) is 14.3. The molecule has 1 aromatic carbocycles. The number of carbonyl (C=O) groups excluding carboxylic acids is 1. The van der Waals surface area contributed by atoms with E-state index >= 15 is 0 Å². The van der Waals surface area contributed by atoms with Gasteiger partial charge in [-0.3, -0.25) is 10.2 Å². The number of carbonyl (C=O) groups is 1. The highest BCUT2D eigenvalue weighted by atomic mass is 32.1. The van der Waals surface area contributed by atoms with Gasteiger partial charge in [-0.1, -0.05) is 23.5 Å². The first-order valence-corrected chi connectivity index (χ1v) is 6.86. The molecule has 1 amide bonds. The number of aromatic nitrogens is 3. The number of thiazole rings is 1. The highest BCUT2D eigenvalue weighted by Crippen LogP contribution is 2.26. The van der Waals surface area contributed by atoms with E-state index in [1.165, 1.54) is 11.3 Å². The van der Waals surface area contributed by atoms with Gasteiger partial charge >= 0.3 is 0 Å². The highest BCUT2D eigenvalue weighted by molar-refractivity contribution is 7.20. The number of nitrogens with one attached hydrogen (secondary N) is 1. The fraction of sp³-hybridized carbons (Fsp3) is 0.154. The summed E-state index contributed by atoms with van der Waals surface area (Å²) in [5.41, 5.74) is 4.91. The Hall–Kier alpha value is -2.25. The van der Waals surface area contributed by atoms with Gasteiger partial charge in [0, 0.05) is 0 Å². The molecule has 0 bridgehead atoms. The van der Waals surface area contributed by atoms with Crippen molar-refractivity contribution in [2.45, 2.75) is 13.8 Å². The second-order valence-electron chi connectivity index (χ2n) is 4.40. The lowest BCUT2D eigenvalue weighted by atomic mass is 10.2. The molecule has 0 atom stereocenters. The molecule has 102 valence electrons. The van der Waals surface area contributed by atoms with Crippen LogP contribution in [-0.2, 0) is 0 Å². The average Bonchev–Trinajstić information content (AvgIpc) is 2.99. The van der Waals surface area contributed by atoms with Crippen molar-refractivity contribution in [3.05, 3.63) is 41.2 Å². The van der Waals surface area contributed by atoms with Gasteiger partial charge in [-0.25, -0.2) is 15.5 Å². The van der Waals surface area contributed by atoms with Crippen LogP contribution in [0.5, 0.6) is 0 Å². The predicted molar refractivity (Wildman–Crippen MR) is 77.9 cm³/mol. The lowest BCUT2D eigenvalue weighted by Gasteiger charge is -2.00. The summed E-state index contributed by atoms with van der Waals surface area (Å²) in [4.78, 5) is 16.3.